The third kappa shape index (κ3) is 4.13. The maximum atomic E-state index is 12.9. The van der Waals surface area contributed by atoms with Crippen molar-refractivity contribution in [2.24, 2.45) is 11.7 Å². The molecule has 1 aliphatic heterocycles. The number of rotatable bonds is 5. The van der Waals surface area contributed by atoms with Crippen LogP contribution in [0.3, 0.4) is 0 Å². The third-order valence-electron chi connectivity index (χ3n) is 5.58. The highest BCUT2D eigenvalue weighted by Crippen LogP contribution is 2.30. The quantitative estimate of drug-likeness (QED) is 0.867. The van der Waals surface area contributed by atoms with E-state index in [1.165, 1.54) is 0 Å². The monoisotopic (exact) mass is 361 g/mol. The van der Waals surface area contributed by atoms with E-state index in [9.17, 15) is 4.79 Å². The minimum Gasteiger partial charge on any atom is -0.492 e. The first-order valence-electron chi connectivity index (χ1n) is 9.68. The summed E-state index contributed by atoms with van der Waals surface area (Å²) in [4.78, 5) is 17.2. The molecule has 1 amide bonds. The van der Waals surface area contributed by atoms with Crippen molar-refractivity contribution in [2.75, 3.05) is 44.8 Å². The molecule has 1 heterocycles. The van der Waals surface area contributed by atoms with E-state index < -0.39 is 0 Å². The smallest absolute Gasteiger partial charge is 0.225 e. The molecule has 26 heavy (non-hydrogen) atoms. The van der Waals surface area contributed by atoms with Crippen LogP contribution in [0.15, 0.2) is 24.3 Å². The summed E-state index contributed by atoms with van der Waals surface area (Å²) in [5.74, 6) is 1.21. The van der Waals surface area contributed by atoms with E-state index in [1.54, 1.807) is 7.11 Å². The molecular weight excluding hydrogens is 330 g/mol. The molecule has 0 spiro atoms. The van der Waals surface area contributed by atoms with Crippen molar-refractivity contribution >= 4 is 11.6 Å². The molecule has 2 fully saturated rings. The Bertz CT molecular complexity index is 602. The zero-order valence-corrected chi connectivity index (χ0v) is 15.9. The Morgan fingerprint density at radius 1 is 1.19 bits per heavy atom. The number of piperazine rings is 1. The lowest BCUT2D eigenvalue weighted by molar-refractivity contribution is -0.138. The molecular formula is C20H31N3O3. The molecule has 0 bridgehead atoms. The largest absolute Gasteiger partial charge is 0.492 e. The van der Waals surface area contributed by atoms with Gasteiger partial charge in [0.15, 0.2) is 0 Å². The summed E-state index contributed by atoms with van der Waals surface area (Å²) in [7, 11) is 1.70. The molecule has 1 aliphatic carbocycles. The standard InChI is InChI=1S/C20H31N3O3/c1-3-26-19-7-5-4-6-17(19)22-10-12-23(13-11-22)20(24)15-8-9-18(25-2)16(21)14-15/h4-7,15-16,18H,3,8-14,21H2,1-2H3/t15-,16+,18+/m0/s1. The highest BCUT2D eigenvalue weighted by atomic mass is 16.5. The fourth-order valence-corrected chi connectivity index (χ4v) is 4.12. The van der Waals surface area contributed by atoms with Gasteiger partial charge in [-0.25, -0.2) is 0 Å². The lowest BCUT2D eigenvalue weighted by Gasteiger charge is -2.40. The molecule has 6 heteroatoms. The maximum absolute atomic E-state index is 12.9. The van der Waals surface area contributed by atoms with Crippen molar-refractivity contribution in [1.29, 1.82) is 0 Å². The molecule has 144 valence electrons. The number of hydrogen-bond donors (Lipinski definition) is 1. The van der Waals surface area contributed by atoms with Crippen LogP contribution in [0.2, 0.25) is 0 Å². The molecule has 0 unspecified atom stereocenters. The van der Waals surface area contributed by atoms with Gasteiger partial charge >= 0.3 is 0 Å². The van der Waals surface area contributed by atoms with Gasteiger partial charge in [0.2, 0.25) is 5.91 Å². The van der Waals surface area contributed by atoms with Gasteiger partial charge in [-0.1, -0.05) is 12.1 Å². The number of amides is 1. The zero-order valence-electron chi connectivity index (χ0n) is 15.9. The highest BCUT2D eigenvalue weighted by Gasteiger charge is 2.35. The summed E-state index contributed by atoms with van der Waals surface area (Å²) >= 11 is 0. The van der Waals surface area contributed by atoms with Gasteiger partial charge in [0.1, 0.15) is 5.75 Å². The Balaban J connectivity index is 1.56. The van der Waals surface area contributed by atoms with E-state index in [-0.39, 0.29) is 24.0 Å². The number of carbonyl (C=O) groups excluding carboxylic acids is 1. The van der Waals surface area contributed by atoms with Crippen LogP contribution in [0.25, 0.3) is 0 Å². The normalized spacial score (nSPS) is 26.7. The number of ether oxygens (including phenoxy) is 2. The van der Waals surface area contributed by atoms with E-state index in [0.29, 0.717) is 6.61 Å². The summed E-state index contributed by atoms with van der Waals surface area (Å²) in [5.41, 5.74) is 7.29. The first-order valence-corrected chi connectivity index (χ1v) is 9.68. The molecule has 2 N–H and O–H groups in total. The summed E-state index contributed by atoms with van der Waals surface area (Å²) < 4.78 is 11.1. The second kappa shape index (κ2) is 8.73. The summed E-state index contributed by atoms with van der Waals surface area (Å²) in [5, 5.41) is 0. The van der Waals surface area contributed by atoms with Gasteiger partial charge in [-0.2, -0.15) is 0 Å². The molecule has 3 rings (SSSR count). The lowest BCUT2D eigenvalue weighted by Crippen LogP contribution is -2.52. The molecule has 3 atom stereocenters. The summed E-state index contributed by atoms with van der Waals surface area (Å²) in [6, 6.07) is 8.08. The number of hydrogen-bond acceptors (Lipinski definition) is 5. The number of nitrogens with two attached hydrogens (primary N) is 1. The van der Waals surface area contributed by atoms with E-state index in [1.807, 2.05) is 30.0 Å². The van der Waals surface area contributed by atoms with Gasteiger partial charge in [0, 0.05) is 45.2 Å². The number of nitrogens with zero attached hydrogens (tertiary/aromatic N) is 2. The summed E-state index contributed by atoms with van der Waals surface area (Å²) in [6.07, 6.45) is 2.56. The average molecular weight is 361 g/mol. The van der Waals surface area contributed by atoms with Crippen LogP contribution in [0.4, 0.5) is 5.69 Å². The maximum Gasteiger partial charge on any atom is 0.225 e. The van der Waals surface area contributed by atoms with Gasteiger partial charge in [0.25, 0.3) is 0 Å². The van der Waals surface area contributed by atoms with Gasteiger partial charge in [-0.05, 0) is 38.3 Å². The van der Waals surface area contributed by atoms with Gasteiger partial charge in [0.05, 0.1) is 18.4 Å². The highest BCUT2D eigenvalue weighted by molar-refractivity contribution is 5.79. The van der Waals surface area contributed by atoms with Crippen LogP contribution >= 0.6 is 0 Å². The SMILES string of the molecule is CCOc1ccccc1N1CCN(C(=O)[C@H]2CC[C@@H](OC)[C@H](N)C2)CC1. The number of carbonyl (C=O) groups is 1. The van der Waals surface area contributed by atoms with Gasteiger partial charge in [-0.3, -0.25) is 4.79 Å². The Labute approximate surface area is 156 Å². The van der Waals surface area contributed by atoms with Crippen molar-refractivity contribution in [3.05, 3.63) is 24.3 Å². The van der Waals surface area contributed by atoms with Gasteiger partial charge in [-0.15, -0.1) is 0 Å². The Morgan fingerprint density at radius 2 is 1.92 bits per heavy atom. The van der Waals surface area contributed by atoms with Crippen LogP contribution in [0.1, 0.15) is 26.2 Å². The number of benzene rings is 1. The Hall–Kier alpha value is -1.79. The van der Waals surface area contributed by atoms with Crippen LogP contribution in [0, 0.1) is 5.92 Å². The van der Waals surface area contributed by atoms with Crippen molar-refractivity contribution in [2.45, 2.75) is 38.3 Å². The van der Waals surface area contributed by atoms with E-state index in [2.05, 4.69) is 11.0 Å². The molecule has 0 radical (unpaired) electrons. The fraction of sp³-hybridized carbons (Fsp3) is 0.650. The molecule has 1 aromatic carbocycles. The zero-order chi connectivity index (χ0) is 18.5. The van der Waals surface area contributed by atoms with E-state index in [4.69, 9.17) is 15.2 Å². The first kappa shape index (κ1) is 19.0. The van der Waals surface area contributed by atoms with Crippen LogP contribution < -0.4 is 15.4 Å². The Morgan fingerprint density at radius 3 is 2.58 bits per heavy atom. The molecule has 2 aliphatic rings. The molecule has 0 aromatic heterocycles. The molecule has 6 nitrogen and oxygen atoms in total. The molecule has 1 saturated heterocycles. The predicted octanol–water partition coefficient (Wildman–Crippen LogP) is 1.88. The third-order valence-corrected chi connectivity index (χ3v) is 5.58. The van der Waals surface area contributed by atoms with Crippen molar-refractivity contribution in [3.63, 3.8) is 0 Å². The predicted molar refractivity (Wildman–Crippen MR) is 103 cm³/mol. The topological polar surface area (TPSA) is 68.0 Å². The second-order valence-corrected chi connectivity index (χ2v) is 7.16. The second-order valence-electron chi connectivity index (χ2n) is 7.16. The number of para-hydroxylation sites is 2. The van der Waals surface area contributed by atoms with Crippen LogP contribution in [-0.2, 0) is 9.53 Å². The van der Waals surface area contributed by atoms with E-state index >= 15 is 0 Å². The average Bonchev–Trinajstić information content (AvgIpc) is 2.68. The minimum absolute atomic E-state index is 0.0398. The first-order chi connectivity index (χ1) is 12.6. The fourth-order valence-electron chi connectivity index (χ4n) is 4.12. The van der Waals surface area contributed by atoms with Crippen LogP contribution in [-0.4, -0.2) is 62.8 Å². The molecule has 1 saturated carbocycles. The minimum atomic E-state index is -0.0398. The Kier molecular flexibility index (Phi) is 6.38. The lowest BCUT2D eigenvalue weighted by atomic mass is 9.83. The molecule has 1 aromatic rings. The van der Waals surface area contributed by atoms with Crippen molar-refractivity contribution in [3.8, 4) is 5.75 Å². The number of methoxy groups -OCH3 is 1. The summed E-state index contributed by atoms with van der Waals surface area (Å²) in [6.45, 7) is 5.80. The van der Waals surface area contributed by atoms with Crippen molar-refractivity contribution < 1.29 is 14.3 Å². The van der Waals surface area contributed by atoms with Gasteiger partial charge < -0.3 is 25.0 Å². The van der Waals surface area contributed by atoms with Crippen LogP contribution in [0.5, 0.6) is 5.75 Å². The number of anilines is 1. The van der Waals surface area contributed by atoms with E-state index in [0.717, 1.165) is 56.9 Å². The van der Waals surface area contributed by atoms with Crippen molar-refractivity contribution in [1.82, 2.24) is 4.90 Å².